The van der Waals surface area contributed by atoms with Gasteiger partial charge in [0.25, 0.3) is 0 Å². The maximum Gasteiger partial charge on any atom is 0.191 e. The van der Waals surface area contributed by atoms with Crippen molar-refractivity contribution in [2.24, 2.45) is 11.3 Å². The molecule has 5 heteroatoms. The smallest absolute Gasteiger partial charge is 0.191 e. The van der Waals surface area contributed by atoms with Gasteiger partial charge in [-0.25, -0.2) is 0 Å². The van der Waals surface area contributed by atoms with Crippen LogP contribution in [0.15, 0.2) is 46.1 Å². The second-order valence-electron chi connectivity index (χ2n) is 14.9. The van der Waals surface area contributed by atoms with Crippen molar-refractivity contribution in [1.29, 1.82) is 0 Å². The lowest BCUT2D eigenvalue weighted by Crippen LogP contribution is -2.52. The third-order valence-electron chi connectivity index (χ3n) is 10.3. The molecule has 0 unspecified atom stereocenters. The van der Waals surface area contributed by atoms with Gasteiger partial charge in [-0.1, -0.05) is 62.6 Å². The maximum atomic E-state index is 11.9. The molecule has 0 aromatic carbocycles. The first kappa shape index (κ1) is 37.8. The second kappa shape index (κ2) is 16.0. The van der Waals surface area contributed by atoms with Crippen LogP contribution >= 0.6 is 0 Å². The van der Waals surface area contributed by atoms with Crippen LogP contribution in [0.4, 0.5) is 0 Å². The molecule has 0 amide bonds. The first-order valence-electron chi connectivity index (χ1n) is 15.9. The molecule has 1 fully saturated rings. The van der Waals surface area contributed by atoms with E-state index in [2.05, 4.69) is 79.8 Å². The summed E-state index contributed by atoms with van der Waals surface area (Å²) in [7, 11) is -1.83. The molecule has 0 aromatic heterocycles. The molecule has 236 valence electrons. The van der Waals surface area contributed by atoms with Crippen LogP contribution < -0.4 is 0 Å². The summed E-state index contributed by atoms with van der Waals surface area (Å²) >= 11 is 0. The average Bonchev–Trinajstić information content (AvgIpc) is 2.86. The number of aliphatic hydroxyl groups excluding tert-OH is 1. The van der Waals surface area contributed by atoms with E-state index in [4.69, 9.17) is 4.43 Å². The van der Waals surface area contributed by atoms with Gasteiger partial charge in [0.15, 0.2) is 8.32 Å². The van der Waals surface area contributed by atoms with Crippen molar-refractivity contribution in [2.75, 3.05) is 6.61 Å². The van der Waals surface area contributed by atoms with Gasteiger partial charge in [0, 0.05) is 12.0 Å². The summed E-state index contributed by atoms with van der Waals surface area (Å²) in [5, 5.41) is 22.7. The third-order valence-corrected chi connectivity index (χ3v) is 14.9. The van der Waals surface area contributed by atoms with Gasteiger partial charge in [0.1, 0.15) is 6.29 Å². The van der Waals surface area contributed by atoms with E-state index in [1.807, 2.05) is 20.8 Å². The minimum Gasteiger partial charge on any atom is -0.417 e. The summed E-state index contributed by atoms with van der Waals surface area (Å²) in [5.41, 5.74) is 4.43. The molecule has 2 N–H and O–H groups in total. The Morgan fingerprint density at radius 2 is 1.71 bits per heavy atom. The third kappa shape index (κ3) is 11.1. The monoisotopic (exact) mass is 588 g/mol. The molecule has 0 aliphatic heterocycles. The van der Waals surface area contributed by atoms with Crippen LogP contribution in [0.1, 0.15) is 127 Å². The lowest BCUT2D eigenvalue weighted by molar-refractivity contribution is -0.115. The quantitative estimate of drug-likeness (QED) is 0.0657. The number of hydrogen-bond acceptors (Lipinski definition) is 4. The highest BCUT2D eigenvalue weighted by Crippen LogP contribution is 2.55. The van der Waals surface area contributed by atoms with E-state index in [0.717, 1.165) is 62.4 Å². The van der Waals surface area contributed by atoms with Crippen molar-refractivity contribution in [3.63, 3.8) is 0 Å². The molecule has 1 aliphatic carbocycles. The molecule has 0 spiro atoms. The van der Waals surface area contributed by atoms with Crippen LogP contribution in [-0.4, -0.2) is 43.1 Å². The highest BCUT2D eigenvalue weighted by molar-refractivity contribution is 6.74. The standard InChI is InChI=1S/C36H64O4Si/c1-27(2)16-13-17-28(3)20-21-33(38)29(4)18-14-23-35(9)32(19-15-25-40-41(11,12)34(6,7)8)31(30(5)26-37)22-24-36(35,10)39/h16,18,20,26,32-33,38-39H,13-15,17,19,21-25H2,1-12H3/b28-20+,29-18+,31-30-/t32-,33-,35+,36+/m1/s1. The zero-order valence-corrected chi connectivity index (χ0v) is 29.7. The van der Waals surface area contributed by atoms with Gasteiger partial charge >= 0.3 is 0 Å². The molecule has 4 atom stereocenters. The van der Waals surface area contributed by atoms with Crippen LogP contribution in [0.5, 0.6) is 0 Å². The first-order valence-corrected chi connectivity index (χ1v) is 18.8. The Morgan fingerprint density at radius 3 is 2.27 bits per heavy atom. The molecule has 1 rings (SSSR count). The first-order chi connectivity index (χ1) is 18.8. The van der Waals surface area contributed by atoms with E-state index < -0.39 is 20.0 Å². The van der Waals surface area contributed by atoms with Crippen molar-refractivity contribution in [1.82, 2.24) is 0 Å². The van der Waals surface area contributed by atoms with Gasteiger partial charge in [-0.15, -0.1) is 0 Å². The van der Waals surface area contributed by atoms with E-state index in [-0.39, 0.29) is 16.4 Å². The Kier molecular flexibility index (Phi) is 14.7. The van der Waals surface area contributed by atoms with E-state index in [1.54, 1.807) is 0 Å². The van der Waals surface area contributed by atoms with Crippen LogP contribution in [0.2, 0.25) is 18.1 Å². The van der Waals surface area contributed by atoms with Crippen LogP contribution in [0.25, 0.3) is 0 Å². The summed E-state index contributed by atoms with van der Waals surface area (Å²) < 4.78 is 6.48. The Hall–Kier alpha value is -1.27. The summed E-state index contributed by atoms with van der Waals surface area (Å²) in [6.45, 7) is 26.6. The molecular weight excluding hydrogens is 524 g/mol. The van der Waals surface area contributed by atoms with Crippen LogP contribution in [-0.2, 0) is 9.22 Å². The normalized spacial score (nSPS) is 26.5. The molecule has 4 nitrogen and oxygen atoms in total. The number of carbonyl (C=O) groups excluding carboxylic acids is 1. The zero-order valence-electron chi connectivity index (χ0n) is 28.7. The fourth-order valence-corrected chi connectivity index (χ4v) is 6.93. The van der Waals surface area contributed by atoms with Crippen molar-refractivity contribution in [2.45, 2.75) is 157 Å². The minimum absolute atomic E-state index is 0.115. The number of rotatable bonds is 15. The van der Waals surface area contributed by atoms with Gasteiger partial charge < -0.3 is 14.6 Å². The summed E-state index contributed by atoms with van der Waals surface area (Å²) in [5.74, 6) is 0.115. The molecule has 1 saturated carbocycles. The van der Waals surface area contributed by atoms with E-state index in [9.17, 15) is 15.0 Å². The average molecular weight is 589 g/mol. The van der Waals surface area contributed by atoms with Gasteiger partial charge in [0.2, 0.25) is 0 Å². The van der Waals surface area contributed by atoms with Crippen molar-refractivity contribution < 1.29 is 19.4 Å². The molecule has 0 saturated heterocycles. The zero-order chi connectivity index (χ0) is 31.6. The lowest BCUT2D eigenvalue weighted by atomic mass is 9.54. The fourth-order valence-electron chi connectivity index (χ4n) is 5.84. The highest BCUT2D eigenvalue weighted by Gasteiger charge is 2.52. The maximum absolute atomic E-state index is 11.9. The Balaban J connectivity index is 3.03. The number of aliphatic hydroxyl groups is 2. The van der Waals surface area contributed by atoms with Crippen LogP contribution in [0, 0.1) is 11.3 Å². The number of aldehydes is 1. The van der Waals surface area contributed by atoms with Crippen LogP contribution in [0.3, 0.4) is 0 Å². The van der Waals surface area contributed by atoms with E-state index >= 15 is 0 Å². The molecule has 41 heavy (non-hydrogen) atoms. The van der Waals surface area contributed by atoms with Gasteiger partial charge in [-0.2, -0.15) is 0 Å². The topological polar surface area (TPSA) is 66.8 Å². The second-order valence-corrected chi connectivity index (χ2v) is 19.7. The summed E-state index contributed by atoms with van der Waals surface area (Å²) in [4.78, 5) is 11.9. The molecule has 0 radical (unpaired) electrons. The predicted octanol–water partition coefficient (Wildman–Crippen LogP) is 9.64. The van der Waals surface area contributed by atoms with Crippen molar-refractivity contribution in [3.8, 4) is 0 Å². The largest absolute Gasteiger partial charge is 0.417 e. The predicted molar refractivity (Wildman–Crippen MR) is 179 cm³/mol. The number of hydrogen-bond donors (Lipinski definition) is 2. The molecule has 0 bridgehead atoms. The van der Waals surface area contributed by atoms with Gasteiger partial charge in [-0.05, 0) is 135 Å². The Bertz CT molecular complexity index is 972. The molecular formula is C36H64O4Si. The minimum atomic E-state index is -1.83. The Morgan fingerprint density at radius 1 is 1.07 bits per heavy atom. The SMILES string of the molecule is CC(C)=CCC/C(C)=C/C[C@@H](O)/C(C)=C/CC[C@@]1(C)[C@H](CCCO[Si](C)(C)C(C)(C)C)/C(=C(/C)C=O)CC[C@]1(C)O. The molecule has 0 heterocycles. The lowest BCUT2D eigenvalue weighted by Gasteiger charge is -2.53. The fraction of sp³-hybridized carbons (Fsp3) is 0.750. The summed E-state index contributed by atoms with van der Waals surface area (Å²) in [6.07, 6.45) is 14.5. The van der Waals surface area contributed by atoms with Gasteiger partial charge in [-0.3, -0.25) is 4.79 Å². The number of allylic oxidation sites excluding steroid dienone is 6. The van der Waals surface area contributed by atoms with E-state index in [1.165, 1.54) is 16.7 Å². The molecule has 1 aliphatic rings. The number of carbonyl (C=O) groups is 1. The van der Waals surface area contributed by atoms with E-state index in [0.29, 0.717) is 19.4 Å². The Labute approximate surface area is 254 Å². The van der Waals surface area contributed by atoms with Gasteiger partial charge in [0.05, 0.1) is 11.7 Å². The highest BCUT2D eigenvalue weighted by atomic mass is 28.4. The molecule has 0 aromatic rings. The van der Waals surface area contributed by atoms with Crippen molar-refractivity contribution >= 4 is 14.6 Å². The summed E-state index contributed by atoms with van der Waals surface area (Å²) in [6, 6.07) is 0. The van der Waals surface area contributed by atoms with Crippen molar-refractivity contribution in [3.05, 3.63) is 46.1 Å².